The number of fused-ring (bicyclic) bond motifs is 2. The second kappa shape index (κ2) is 8.64. The minimum absolute atomic E-state index is 0.0682. The summed E-state index contributed by atoms with van der Waals surface area (Å²) in [6.07, 6.45) is 2.31. The minimum Gasteiger partial charge on any atom is -0.467 e. The van der Waals surface area contributed by atoms with Crippen LogP contribution in [0.15, 0.2) is 48.7 Å². The van der Waals surface area contributed by atoms with E-state index in [9.17, 15) is 19.2 Å². The van der Waals surface area contributed by atoms with Crippen LogP contribution in [0.3, 0.4) is 0 Å². The molecule has 4 rings (SSSR count). The molecule has 0 spiro atoms. The summed E-state index contributed by atoms with van der Waals surface area (Å²) in [6.45, 7) is 0. The van der Waals surface area contributed by atoms with E-state index in [2.05, 4.69) is 4.98 Å². The molecule has 0 radical (unpaired) electrons. The largest absolute Gasteiger partial charge is 0.467 e. The molecule has 1 aliphatic rings. The molecule has 9 nitrogen and oxygen atoms in total. The Morgan fingerprint density at radius 2 is 1.81 bits per heavy atom. The Kier molecular flexibility index (Phi) is 5.74. The number of hydrogen-bond donors (Lipinski definition) is 3. The van der Waals surface area contributed by atoms with Gasteiger partial charge < -0.3 is 9.72 Å². The smallest absolute Gasteiger partial charge is 0.329 e. The molecule has 0 saturated heterocycles. The van der Waals surface area contributed by atoms with Gasteiger partial charge in [0.25, 0.3) is 11.8 Å². The summed E-state index contributed by atoms with van der Waals surface area (Å²) in [5.74, 6) is -2.24. The number of esters is 1. The van der Waals surface area contributed by atoms with Crippen LogP contribution in [0.25, 0.3) is 10.9 Å². The summed E-state index contributed by atoms with van der Waals surface area (Å²) in [5, 5.41) is 9.48. The van der Waals surface area contributed by atoms with Gasteiger partial charge in [0.05, 0.1) is 18.2 Å². The van der Waals surface area contributed by atoms with Gasteiger partial charge in [0.1, 0.15) is 6.04 Å². The number of aryl methyl sites for hydroxylation is 1. The van der Waals surface area contributed by atoms with Gasteiger partial charge in [-0.3, -0.25) is 24.5 Å². The van der Waals surface area contributed by atoms with Gasteiger partial charge >= 0.3 is 5.97 Å². The zero-order valence-corrected chi connectivity index (χ0v) is 17.3. The van der Waals surface area contributed by atoms with E-state index in [1.54, 1.807) is 35.9 Å². The molecule has 0 unspecified atom stereocenters. The summed E-state index contributed by atoms with van der Waals surface area (Å²) in [4.78, 5) is 53.9. The summed E-state index contributed by atoms with van der Waals surface area (Å²) in [5.41, 5.74) is 4.51. The number of aromatic nitrogens is 1. The molecule has 3 amide bonds. The van der Waals surface area contributed by atoms with Gasteiger partial charge in [0.2, 0.25) is 5.91 Å². The zero-order valence-electron chi connectivity index (χ0n) is 17.3. The first-order valence-corrected chi connectivity index (χ1v) is 10.0. The lowest BCUT2D eigenvalue weighted by atomic mass is 10.0. The van der Waals surface area contributed by atoms with Crippen LogP contribution in [0.2, 0.25) is 0 Å². The first-order valence-electron chi connectivity index (χ1n) is 10.0. The number of rotatable bonds is 7. The van der Waals surface area contributed by atoms with Gasteiger partial charge in [0, 0.05) is 29.9 Å². The van der Waals surface area contributed by atoms with E-state index < -0.39 is 29.7 Å². The Labute approximate surface area is 182 Å². The number of H-pyrrole nitrogens is 1. The van der Waals surface area contributed by atoms with Gasteiger partial charge in [-0.2, -0.15) is 0 Å². The molecule has 32 heavy (non-hydrogen) atoms. The predicted octanol–water partition coefficient (Wildman–Crippen LogP) is 1.99. The summed E-state index contributed by atoms with van der Waals surface area (Å²) >= 11 is 0. The maximum Gasteiger partial charge on any atom is 0.329 e. The fraction of sp³-hybridized carbons (Fsp3) is 0.217. The number of imide groups is 1. The molecule has 2 aromatic carbocycles. The molecule has 1 atom stereocenters. The Hall–Kier alpha value is -3.98. The van der Waals surface area contributed by atoms with Crippen molar-refractivity contribution >= 4 is 34.6 Å². The number of carbonyl (C=O) groups excluding carboxylic acids is 4. The van der Waals surface area contributed by atoms with Crippen molar-refractivity contribution in [2.45, 2.75) is 25.3 Å². The van der Waals surface area contributed by atoms with Crippen molar-refractivity contribution < 1.29 is 29.1 Å². The zero-order chi connectivity index (χ0) is 22.8. The molecule has 164 valence electrons. The Morgan fingerprint density at radius 1 is 1.12 bits per heavy atom. The highest BCUT2D eigenvalue weighted by Gasteiger charge is 2.43. The minimum atomic E-state index is -1.13. The maximum absolute atomic E-state index is 12.9. The normalized spacial score (nSPS) is 13.9. The van der Waals surface area contributed by atoms with Crippen LogP contribution in [0, 0.1) is 0 Å². The number of nitrogens with one attached hydrogen (secondary N) is 2. The molecule has 0 fully saturated rings. The molecule has 1 aliphatic heterocycles. The molecular formula is C23H21N3O6. The SMILES string of the molecule is COC(=O)[C@H](Cc1c[nH]c2ccc(CCC(=O)NO)cc12)N1C(=O)c2ccccc2C1=O. The van der Waals surface area contributed by atoms with Crippen LogP contribution in [0.4, 0.5) is 0 Å². The standard InChI is InChI=1S/C23H21N3O6/c1-32-23(30)19(26-21(28)15-4-2-3-5-16(15)22(26)29)11-14-12-24-18-8-6-13(10-17(14)18)7-9-20(27)25-31/h2-6,8,10,12,19,24,31H,7,9,11H2,1H3,(H,25,27)/t19-/m0/s1. The van der Waals surface area contributed by atoms with Gasteiger partial charge in [-0.15, -0.1) is 0 Å². The quantitative estimate of drug-likeness (QED) is 0.225. The van der Waals surface area contributed by atoms with Crippen molar-refractivity contribution in [1.82, 2.24) is 15.4 Å². The van der Waals surface area contributed by atoms with E-state index in [0.717, 1.165) is 26.9 Å². The Balaban J connectivity index is 1.65. The van der Waals surface area contributed by atoms with Gasteiger partial charge in [0.15, 0.2) is 0 Å². The predicted molar refractivity (Wildman–Crippen MR) is 113 cm³/mol. The Bertz CT molecular complexity index is 1200. The molecule has 3 N–H and O–H groups in total. The van der Waals surface area contributed by atoms with E-state index in [1.165, 1.54) is 7.11 Å². The molecule has 1 aromatic heterocycles. The number of carbonyl (C=O) groups is 4. The van der Waals surface area contributed by atoms with Crippen molar-refractivity contribution in [3.05, 3.63) is 70.9 Å². The van der Waals surface area contributed by atoms with Crippen molar-refractivity contribution in [2.24, 2.45) is 0 Å². The maximum atomic E-state index is 12.9. The van der Waals surface area contributed by atoms with Crippen molar-refractivity contribution in [2.75, 3.05) is 7.11 Å². The first kappa shape index (κ1) is 21.3. The highest BCUT2D eigenvalue weighted by molar-refractivity contribution is 6.22. The lowest BCUT2D eigenvalue weighted by Crippen LogP contribution is -2.46. The summed E-state index contributed by atoms with van der Waals surface area (Å²) < 4.78 is 4.92. The van der Waals surface area contributed by atoms with Crippen LogP contribution < -0.4 is 5.48 Å². The monoisotopic (exact) mass is 435 g/mol. The Morgan fingerprint density at radius 3 is 2.44 bits per heavy atom. The third-order valence-corrected chi connectivity index (χ3v) is 5.62. The van der Waals surface area contributed by atoms with E-state index >= 15 is 0 Å². The van der Waals surface area contributed by atoms with Crippen molar-refractivity contribution in [3.63, 3.8) is 0 Å². The fourth-order valence-corrected chi connectivity index (χ4v) is 3.98. The van der Waals surface area contributed by atoms with E-state index in [-0.39, 0.29) is 24.0 Å². The average Bonchev–Trinajstić information content (AvgIpc) is 3.33. The lowest BCUT2D eigenvalue weighted by molar-refractivity contribution is -0.145. The second-order valence-electron chi connectivity index (χ2n) is 7.50. The number of hydroxylamine groups is 1. The topological polar surface area (TPSA) is 129 Å². The van der Waals surface area contributed by atoms with E-state index in [4.69, 9.17) is 9.94 Å². The molecule has 3 aromatic rings. The molecule has 2 heterocycles. The molecule has 0 aliphatic carbocycles. The third-order valence-electron chi connectivity index (χ3n) is 5.62. The number of aromatic amines is 1. The van der Waals surface area contributed by atoms with Crippen LogP contribution >= 0.6 is 0 Å². The van der Waals surface area contributed by atoms with Gasteiger partial charge in [-0.05, 0) is 41.8 Å². The van der Waals surface area contributed by atoms with Gasteiger partial charge in [-0.1, -0.05) is 18.2 Å². The lowest BCUT2D eigenvalue weighted by Gasteiger charge is -2.23. The van der Waals surface area contributed by atoms with Crippen molar-refractivity contribution in [1.29, 1.82) is 0 Å². The van der Waals surface area contributed by atoms with E-state index in [0.29, 0.717) is 6.42 Å². The number of amides is 3. The van der Waals surface area contributed by atoms with Gasteiger partial charge in [-0.25, -0.2) is 10.3 Å². The molecule has 0 saturated carbocycles. The highest BCUT2D eigenvalue weighted by Crippen LogP contribution is 2.28. The number of ether oxygens (including phenoxy) is 1. The number of nitrogens with zero attached hydrogens (tertiary/aromatic N) is 1. The number of benzene rings is 2. The van der Waals surface area contributed by atoms with E-state index in [1.807, 2.05) is 18.2 Å². The fourth-order valence-electron chi connectivity index (χ4n) is 3.98. The van der Waals surface area contributed by atoms with Crippen LogP contribution in [-0.2, 0) is 27.2 Å². The van der Waals surface area contributed by atoms with Crippen LogP contribution in [0.5, 0.6) is 0 Å². The summed E-state index contributed by atoms with van der Waals surface area (Å²) in [6, 6.07) is 10.9. The van der Waals surface area contributed by atoms with Crippen LogP contribution in [-0.4, -0.2) is 51.9 Å². The molecule has 9 heteroatoms. The number of hydrogen-bond acceptors (Lipinski definition) is 6. The third kappa shape index (κ3) is 3.74. The highest BCUT2D eigenvalue weighted by atomic mass is 16.5. The summed E-state index contributed by atoms with van der Waals surface area (Å²) in [7, 11) is 1.22. The molecule has 0 bridgehead atoms. The van der Waals surface area contributed by atoms with Crippen molar-refractivity contribution in [3.8, 4) is 0 Å². The van der Waals surface area contributed by atoms with Crippen LogP contribution in [0.1, 0.15) is 38.3 Å². The average molecular weight is 435 g/mol. The first-order chi connectivity index (χ1) is 15.4. The second-order valence-corrected chi connectivity index (χ2v) is 7.50. The number of methoxy groups -OCH3 is 1. The molecular weight excluding hydrogens is 414 g/mol.